The highest BCUT2D eigenvalue weighted by Crippen LogP contribution is 2.21. The first-order valence-electron chi connectivity index (χ1n) is 5.91. The highest BCUT2D eigenvalue weighted by atomic mass is 35.5. The Balaban J connectivity index is 2.19. The summed E-state index contributed by atoms with van der Waals surface area (Å²) >= 11 is 6.15. The first kappa shape index (κ1) is 12.8. The van der Waals surface area contributed by atoms with E-state index < -0.39 is 0 Å². The molecular formula is C14H15ClN2O. The molecule has 94 valence electrons. The Morgan fingerprint density at radius 2 is 2.22 bits per heavy atom. The molecule has 0 saturated carbocycles. The smallest absolute Gasteiger partial charge is 0.168 e. The molecule has 0 spiro atoms. The molecule has 0 bridgehead atoms. The van der Waals surface area contributed by atoms with E-state index in [1.807, 2.05) is 32.2 Å². The number of aromatic nitrogens is 2. The Bertz CT molecular complexity index is 575. The fraction of sp³-hybridized carbons (Fsp3) is 0.286. The molecule has 0 saturated heterocycles. The van der Waals surface area contributed by atoms with Crippen molar-refractivity contribution in [1.29, 1.82) is 0 Å². The van der Waals surface area contributed by atoms with Gasteiger partial charge in [0.25, 0.3) is 0 Å². The molecule has 1 heterocycles. The van der Waals surface area contributed by atoms with Gasteiger partial charge in [0.05, 0.1) is 11.2 Å². The van der Waals surface area contributed by atoms with Gasteiger partial charge < -0.3 is 0 Å². The average molecular weight is 263 g/mol. The summed E-state index contributed by atoms with van der Waals surface area (Å²) in [4.78, 5) is 12.2. The van der Waals surface area contributed by atoms with Gasteiger partial charge in [-0.15, -0.1) is 0 Å². The van der Waals surface area contributed by atoms with E-state index in [1.54, 1.807) is 16.9 Å². The van der Waals surface area contributed by atoms with Crippen LogP contribution in [0.2, 0.25) is 5.02 Å². The van der Waals surface area contributed by atoms with Crippen LogP contribution in [0.4, 0.5) is 0 Å². The molecular weight excluding hydrogens is 248 g/mol. The fourth-order valence-corrected chi connectivity index (χ4v) is 2.05. The lowest BCUT2D eigenvalue weighted by atomic mass is 10.0. The molecule has 1 aromatic heterocycles. The number of ketones is 1. The van der Waals surface area contributed by atoms with Gasteiger partial charge in [-0.1, -0.05) is 23.7 Å². The van der Waals surface area contributed by atoms with Crippen LogP contribution in [0.1, 0.15) is 28.4 Å². The van der Waals surface area contributed by atoms with Crippen LogP contribution < -0.4 is 0 Å². The normalized spacial score (nSPS) is 10.6. The Morgan fingerprint density at radius 1 is 1.44 bits per heavy atom. The number of rotatable bonds is 4. The zero-order valence-electron chi connectivity index (χ0n) is 10.5. The lowest BCUT2D eigenvalue weighted by molar-refractivity contribution is 0.0993. The molecule has 0 atom stereocenters. The molecule has 0 aliphatic carbocycles. The molecule has 4 heteroatoms. The molecule has 0 amide bonds. The maximum absolute atomic E-state index is 12.2. The predicted octanol–water partition coefficient (Wildman–Crippen LogP) is 3.29. The van der Waals surface area contributed by atoms with Crippen LogP contribution in [0.25, 0.3) is 0 Å². The SMILES string of the molecule is CCn1cc(CC(=O)c2cccc(C)c2Cl)cn1. The van der Waals surface area contributed by atoms with Crippen molar-refractivity contribution in [3.05, 3.63) is 52.3 Å². The first-order chi connectivity index (χ1) is 8.61. The standard InChI is InChI=1S/C14H15ClN2O/c1-3-17-9-11(8-16-17)7-13(18)12-6-4-5-10(2)14(12)15/h4-6,8-9H,3,7H2,1-2H3. The van der Waals surface area contributed by atoms with E-state index in [0.717, 1.165) is 17.7 Å². The molecule has 0 unspecified atom stereocenters. The number of Topliss-reactive ketones (excluding diaryl/α,β-unsaturated/α-hetero) is 1. The van der Waals surface area contributed by atoms with E-state index >= 15 is 0 Å². The summed E-state index contributed by atoms with van der Waals surface area (Å²) in [6, 6.07) is 5.51. The van der Waals surface area contributed by atoms with E-state index in [0.29, 0.717) is 17.0 Å². The number of carbonyl (C=O) groups excluding carboxylic acids is 1. The molecule has 0 aliphatic heterocycles. The van der Waals surface area contributed by atoms with Gasteiger partial charge in [0.15, 0.2) is 5.78 Å². The molecule has 0 radical (unpaired) electrons. The second-order valence-corrected chi connectivity index (χ2v) is 4.62. The van der Waals surface area contributed by atoms with Crippen LogP contribution in [0.5, 0.6) is 0 Å². The second kappa shape index (κ2) is 5.36. The van der Waals surface area contributed by atoms with Crippen LogP contribution in [-0.4, -0.2) is 15.6 Å². The van der Waals surface area contributed by atoms with Crippen LogP contribution in [0.15, 0.2) is 30.6 Å². The molecule has 1 aromatic carbocycles. The van der Waals surface area contributed by atoms with Gasteiger partial charge in [-0.25, -0.2) is 0 Å². The summed E-state index contributed by atoms with van der Waals surface area (Å²) in [5, 5.41) is 4.70. The molecule has 0 fully saturated rings. The molecule has 3 nitrogen and oxygen atoms in total. The number of hydrogen-bond acceptors (Lipinski definition) is 2. The van der Waals surface area contributed by atoms with E-state index in [2.05, 4.69) is 5.10 Å². The van der Waals surface area contributed by atoms with Crippen molar-refractivity contribution in [3.8, 4) is 0 Å². The molecule has 2 rings (SSSR count). The van der Waals surface area contributed by atoms with Crippen LogP contribution in [0.3, 0.4) is 0 Å². The lowest BCUT2D eigenvalue weighted by Crippen LogP contribution is -2.04. The molecule has 18 heavy (non-hydrogen) atoms. The Morgan fingerprint density at radius 3 is 2.89 bits per heavy atom. The molecule has 0 aliphatic rings. The van der Waals surface area contributed by atoms with Crippen LogP contribution in [0, 0.1) is 6.92 Å². The average Bonchev–Trinajstić information content (AvgIpc) is 2.80. The monoisotopic (exact) mass is 262 g/mol. The highest BCUT2D eigenvalue weighted by molar-refractivity contribution is 6.34. The minimum absolute atomic E-state index is 0.0272. The number of nitrogens with zero attached hydrogens (tertiary/aromatic N) is 2. The van der Waals surface area contributed by atoms with Crippen molar-refractivity contribution in [2.24, 2.45) is 0 Å². The number of carbonyl (C=O) groups is 1. The first-order valence-corrected chi connectivity index (χ1v) is 6.29. The minimum Gasteiger partial charge on any atom is -0.294 e. The number of aryl methyl sites for hydroxylation is 2. The van der Waals surface area contributed by atoms with Crippen molar-refractivity contribution in [3.63, 3.8) is 0 Å². The summed E-state index contributed by atoms with van der Waals surface area (Å²) in [7, 11) is 0. The predicted molar refractivity (Wildman–Crippen MR) is 72.1 cm³/mol. The third kappa shape index (κ3) is 2.62. The highest BCUT2D eigenvalue weighted by Gasteiger charge is 2.13. The summed E-state index contributed by atoms with van der Waals surface area (Å²) in [6.07, 6.45) is 3.95. The topological polar surface area (TPSA) is 34.9 Å². The summed E-state index contributed by atoms with van der Waals surface area (Å²) in [5.41, 5.74) is 2.42. The van der Waals surface area contributed by atoms with E-state index in [4.69, 9.17) is 11.6 Å². The Labute approximate surface area is 111 Å². The van der Waals surface area contributed by atoms with Crippen LogP contribution >= 0.6 is 11.6 Å². The third-order valence-corrected chi connectivity index (χ3v) is 3.37. The van der Waals surface area contributed by atoms with E-state index in [9.17, 15) is 4.79 Å². The van der Waals surface area contributed by atoms with Gasteiger partial charge in [0, 0.05) is 24.7 Å². The Kier molecular flexibility index (Phi) is 3.82. The van der Waals surface area contributed by atoms with Gasteiger partial charge in [0.1, 0.15) is 0 Å². The summed E-state index contributed by atoms with van der Waals surface area (Å²) < 4.78 is 1.81. The van der Waals surface area contributed by atoms with Gasteiger partial charge in [-0.05, 0) is 31.0 Å². The van der Waals surface area contributed by atoms with Gasteiger partial charge in [0.2, 0.25) is 0 Å². The van der Waals surface area contributed by atoms with Crippen molar-refractivity contribution >= 4 is 17.4 Å². The van der Waals surface area contributed by atoms with Gasteiger partial charge >= 0.3 is 0 Å². The maximum atomic E-state index is 12.2. The van der Waals surface area contributed by atoms with Crippen molar-refractivity contribution in [2.45, 2.75) is 26.8 Å². The van der Waals surface area contributed by atoms with E-state index in [1.165, 1.54) is 0 Å². The zero-order valence-corrected chi connectivity index (χ0v) is 11.2. The minimum atomic E-state index is 0.0272. The number of halogens is 1. The van der Waals surface area contributed by atoms with Crippen LogP contribution in [-0.2, 0) is 13.0 Å². The quantitative estimate of drug-likeness (QED) is 0.793. The van der Waals surface area contributed by atoms with Crippen molar-refractivity contribution in [2.75, 3.05) is 0 Å². The Hall–Kier alpha value is -1.61. The third-order valence-electron chi connectivity index (χ3n) is 2.87. The summed E-state index contributed by atoms with van der Waals surface area (Å²) in [5.74, 6) is 0.0272. The largest absolute Gasteiger partial charge is 0.294 e. The second-order valence-electron chi connectivity index (χ2n) is 4.24. The van der Waals surface area contributed by atoms with Gasteiger partial charge in [-0.3, -0.25) is 9.48 Å². The van der Waals surface area contributed by atoms with Gasteiger partial charge in [-0.2, -0.15) is 5.10 Å². The van der Waals surface area contributed by atoms with Crippen molar-refractivity contribution in [1.82, 2.24) is 9.78 Å². The summed E-state index contributed by atoms with van der Waals surface area (Å²) in [6.45, 7) is 4.71. The zero-order chi connectivity index (χ0) is 13.1. The van der Waals surface area contributed by atoms with E-state index in [-0.39, 0.29) is 5.78 Å². The number of benzene rings is 1. The maximum Gasteiger partial charge on any atom is 0.168 e. The molecule has 0 N–H and O–H groups in total. The lowest BCUT2D eigenvalue weighted by Gasteiger charge is -2.04. The number of hydrogen-bond donors (Lipinski definition) is 0. The molecule has 2 aromatic rings. The van der Waals surface area contributed by atoms with Crippen molar-refractivity contribution < 1.29 is 4.79 Å². The fourth-order valence-electron chi connectivity index (χ4n) is 1.81.